The van der Waals surface area contributed by atoms with Gasteiger partial charge in [0.25, 0.3) is 0 Å². The Labute approximate surface area is 128 Å². The number of hydrogen-bond donors (Lipinski definition) is 2. The molecule has 0 unspecified atom stereocenters. The summed E-state index contributed by atoms with van der Waals surface area (Å²) in [5.74, 6) is 0.704. The number of nitrogens with one attached hydrogen (secondary N) is 1. The number of H-pyrrole nitrogens is 1. The van der Waals surface area contributed by atoms with Crippen molar-refractivity contribution < 1.29 is 14.3 Å². The second kappa shape index (κ2) is 6.44. The van der Waals surface area contributed by atoms with E-state index in [2.05, 4.69) is 9.97 Å². The summed E-state index contributed by atoms with van der Waals surface area (Å²) in [4.78, 5) is 21.3. The van der Waals surface area contributed by atoms with Crippen molar-refractivity contribution in [3.63, 3.8) is 0 Å². The number of aryl methyl sites for hydroxylation is 1. The topological polar surface area (TPSA) is 69.2 Å². The zero-order chi connectivity index (χ0) is 15.5. The number of amides is 1. The molecule has 0 bridgehead atoms. The van der Waals surface area contributed by atoms with E-state index in [-0.39, 0.29) is 18.3 Å². The van der Waals surface area contributed by atoms with Crippen LogP contribution in [0.15, 0.2) is 18.2 Å². The van der Waals surface area contributed by atoms with Crippen LogP contribution in [0.3, 0.4) is 0 Å². The number of carbonyl (C=O) groups is 1. The third-order valence-electron chi connectivity index (χ3n) is 4.31. The van der Waals surface area contributed by atoms with Crippen molar-refractivity contribution >= 4 is 16.9 Å². The molecule has 1 amide bonds. The first-order valence-electron chi connectivity index (χ1n) is 7.69. The Balaban J connectivity index is 1.57. The van der Waals surface area contributed by atoms with Gasteiger partial charge in [0.2, 0.25) is 5.91 Å². The van der Waals surface area contributed by atoms with Gasteiger partial charge in [-0.05, 0) is 30.9 Å². The van der Waals surface area contributed by atoms with Gasteiger partial charge in [-0.25, -0.2) is 9.37 Å². The number of nitrogens with zero attached hydrogens (tertiary/aromatic N) is 2. The fourth-order valence-electron chi connectivity index (χ4n) is 2.91. The molecule has 1 aliphatic rings. The van der Waals surface area contributed by atoms with Gasteiger partial charge in [-0.2, -0.15) is 0 Å². The minimum atomic E-state index is -0.350. The summed E-state index contributed by atoms with van der Waals surface area (Å²) in [6.07, 6.45) is 2.56. The molecule has 1 fully saturated rings. The number of fused-ring (bicyclic) bond motifs is 1. The number of aromatic amines is 1. The molecule has 0 aliphatic carbocycles. The van der Waals surface area contributed by atoms with Gasteiger partial charge < -0.3 is 15.0 Å². The van der Waals surface area contributed by atoms with Gasteiger partial charge in [0.05, 0.1) is 5.52 Å². The van der Waals surface area contributed by atoms with E-state index in [0.717, 1.165) is 12.8 Å². The highest BCUT2D eigenvalue weighted by atomic mass is 19.1. The Kier molecular flexibility index (Phi) is 4.38. The smallest absolute Gasteiger partial charge is 0.223 e. The van der Waals surface area contributed by atoms with E-state index < -0.39 is 0 Å². The molecule has 0 spiro atoms. The van der Waals surface area contributed by atoms with Crippen molar-refractivity contribution in [2.45, 2.75) is 25.7 Å². The van der Waals surface area contributed by atoms with E-state index >= 15 is 0 Å². The van der Waals surface area contributed by atoms with Crippen LogP contribution in [0.2, 0.25) is 0 Å². The van der Waals surface area contributed by atoms with Gasteiger partial charge in [0, 0.05) is 32.5 Å². The van der Waals surface area contributed by atoms with Crippen LogP contribution in [-0.2, 0) is 11.2 Å². The lowest BCUT2D eigenvalue weighted by atomic mass is 9.97. The van der Waals surface area contributed by atoms with Crippen LogP contribution in [0.1, 0.15) is 25.1 Å². The zero-order valence-electron chi connectivity index (χ0n) is 12.4. The number of benzene rings is 1. The van der Waals surface area contributed by atoms with Crippen LogP contribution >= 0.6 is 0 Å². The fraction of sp³-hybridized carbons (Fsp3) is 0.500. The number of piperidine rings is 1. The normalized spacial score (nSPS) is 16.4. The number of aromatic nitrogens is 2. The van der Waals surface area contributed by atoms with Gasteiger partial charge in [0.15, 0.2) is 5.82 Å². The number of hydrogen-bond acceptors (Lipinski definition) is 3. The molecule has 1 aromatic heterocycles. The quantitative estimate of drug-likeness (QED) is 0.906. The maximum Gasteiger partial charge on any atom is 0.223 e. The number of likely N-dealkylation sites (tertiary alicyclic amines) is 1. The van der Waals surface area contributed by atoms with Crippen molar-refractivity contribution in [3.05, 3.63) is 29.8 Å². The summed E-state index contributed by atoms with van der Waals surface area (Å²) < 4.78 is 13.6. The van der Waals surface area contributed by atoms with E-state index in [0.29, 0.717) is 48.7 Å². The Bertz CT molecular complexity index is 662. The van der Waals surface area contributed by atoms with Crippen molar-refractivity contribution in [3.8, 4) is 0 Å². The monoisotopic (exact) mass is 305 g/mol. The van der Waals surface area contributed by atoms with Gasteiger partial charge in [-0.15, -0.1) is 0 Å². The van der Waals surface area contributed by atoms with Crippen LogP contribution in [0.5, 0.6) is 0 Å². The van der Waals surface area contributed by atoms with Gasteiger partial charge in [0.1, 0.15) is 11.3 Å². The van der Waals surface area contributed by atoms with Crippen molar-refractivity contribution in [2.75, 3.05) is 19.7 Å². The van der Waals surface area contributed by atoms with E-state index in [4.69, 9.17) is 5.11 Å². The molecule has 0 atom stereocenters. The number of aliphatic hydroxyl groups excluding tert-OH is 1. The standard InChI is InChI=1S/C16H20FN3O2/c17-12-2-1-3-13-16(12)19-14(18-13)4-5-15(22)20-8-6-11(10-21)7-9-20/h1-3,11,21H,4-10H2,(H,18,19). The molecule has 22 heavy (non-hydrogen) atoms. The predicted molar refractivity (Wildman–Crippen MR) is 80.8 cm³/mol. The molecule has 2 heterocycles. The Morgan fingerprint density at radius 1 is 1.41 bits per heavy atom. The lowest BCUT2D eigenvalue weighted by Crippen LogP contribution is -2.39. The molecule has 6 heteroatoms. The van der Waals surface area contributed by atoms with Crippen LogP contribution in [0, 0.1) is 11.7 Å². The summed E-state index contributed by atoms with van der Waals surface area (Å²) in [6.45, 7) is 1.62. The molecule has 1 aliphatic heterocycles. The lowest BCUT2D eigenvalue weighted by molar-refractivity contribution is -0.132. The molecule has 118 valence electrons. The molecule has 0 radical (unpaired) electrons. The molecule has 0 saturated carbocycles. The summed E-state index contributed by atoms with van der Waals surface area (Å²) in [6, 6.07) is 4.79. The van der Waals surface area contributed by atoms with Crippen molar-refractivity contribution in [1.29, 1.82) is 0 Å². The highest BCUT2D eigenvalue weighted by Gasteiger charge is 2.22. The molecular formula is C16H20FN3O2. The molecule has 5 nitrogen and oxygen atoms in total. The highest BCUT2D eigenvalue weighted by molar-refractivity contribution is 5.77. The number of rotatable bonds is 4. The SMILES string of the molecule is O=C(CCc1nc2c(F)cccc2[nH]1)N1CCC(CO)CC1. The average Bonchev–Trinajstić information content (AvgIpc) is 2.97. The molecule has 1 aromatic carbocycles. The van der Waals surface area contributed by atoms with E-state index in [1.165, 1.54) is 6.07 Å². The summed E-state index contributed by atoms with van der Waals surface area (Å²) in [5, 5.41) is 9.11. The van der Waals surface area contributed by atoms with Crippen LogP contribution in [0.25, 0.3) is 11.0 Å². The van der Waals surface area contributed by atoms with E-state index in [1.807, 2.05) is 4.90 Å². The van der Waals surface area contributed by atoms with Crippen molar-refractivity contribution in [2.24, 2.45) is 5.92 Å². The number of para-hydroxylation sites is 1. The Morgan fingerprint density at radius 2 is 2.18 bits per heavy atom. The largest absolute Gasteiger partial charge is 0.396 e. The Hall–Kier alpha value is -1.95. The lowest BCUT2D eigenvalue weighted by Gasteiger charge is -2.31. The van der Waals surface area contributed by atoms with Crippen LogP contribution < -0.4 is 0 Å². The molecule has 2 aromatic rings. The van der Waals surface area contributed by atoms with E-state index in [1.54, 1.807) is 12.1 Å². The average molecular weight is 305 g/mol. The second-order valence-electron chi connectivity index (χ2n) is 5.83. The molecule has 2 N–H and O–H groups in total. The predicted octanol–water partition coefficient (Wildman–Crippen LogP) is 1.87. The number of aliphatic hydroxyl groups is 1. The second-order valence-corrected chi connectivity index (χ2v) is 5.83. The molecular weight excluding hydrogens is 285 g/mol. The summed E-state index contributed by atoms with van der Waals surface area (Å²) >= 11 is 0. The summed E-state index contributed by atoms with van der Waals surface area (Å²) in [7, 11) is 0. The minimum Gasteiger partial charge on any atom is -0.396 e. The highest BCUT2D eigenvalue weighted by Crippen LogP contribution is 2.18. The number of imidazole rings is 1. The maximum atomic E-state index is 13.6. The number of halogens is 1. The molecule has 1 saturated heterocycles. The number of carbonyl (C=O) groups excluding carboxylic acids is 1. The van der Waals surface area contributed by atoms with Gasteiger partial charge in [-0.1, -0.05) is 6.07 Å². The molecule has 3 rings (SSSR count). The zero-order valence-corrected chi connectivity index (χ0v) is 12.4. The summed E-state index contributed by atoms with van der Waals surface area (Å²) in [5.41, 5.74) is 0.986. The van der Waals surface area contributed by atoms with Crippen molar-refractivity contribution in [1.82, 2.24) is 14.9 Å². The first kappa shape index (κ1) is 15.0. The van der Waals surface area contributed by atoms with Crippen LogP contribution in [-0.4, -0.2) is 45.6 Å². The Morgan fingerprint density at radius 3 is 2.86 bits per heavy atom. The van der Waals surface area contributed by atoms with Crippen LogP contribution in [0.4, 0.5) is 4.39 Å². The first-order chi connectivity index (χ1) is 10.7. The maximum absolute atomic E-state index is 13.6. The third kappa shape index (κ3) is 3.11. The first-order valence-corrected chi connectivity index (χ1v) is 7.69. The van der Waals surface area contributed by atoms with Gasteiger partial charge >= 0.3 is 0 Å². The van der Waals surface area contributed by atoms with E-state index in [9.17, 15) is 9.18 Å². The minimum absolute atomic E-state index is 0.0947. The fourth-order valence-corrected chi connectivity index (χ4v) is 2.91. The van der Waals surface area contributed by atoms with Gasteiger partial charge in [-0.3, -0.25) is 4.79 Å². The third-order valence-corrected chi connectivity index (χ3v) is 4.31.